The van der Waals surface area contributed by atoms with Gasteiger partial charge in [-0.2, -0.15) is 0 Å². The van der Waals surface area contributed by atoms with Gasteiger partial charge in [0.2, 0.25) is 0 Å². The predicted molar refractivity (Wildman–Crippen MR) is 63.4 cm³/mol. The van der Waals surface area contributed by atoms with Crippen LogP contribution >= 0.6 is 0 Å². The van der Waals surface area contributed by atoms with Gasteiger partial charge in [0.25, 0.3) is 0 Å². The molecule has 0 aliphatic carbocycles. The lowest BCUT2D eigenvalue weighted by atomic mass is 10.2. The Hall–Kier alpha value is -0.160. The minimum absolute atomic E-state index is 0.198. The Labute approximate surface area is 98.2 Å². The van der Waals surface area contributed by atoms with Crippen molar-refractivity contribution in [1.29, 1.82) is 0 Å². The smallest absolute Gasteiger partial charge is 0.0900 e. The fourth-order valence-corrected chi connectivity index (χ4v) is 2.13. The van der Waals surface area contributed by atoms with Gasteiger partial charge in [0.15, 0.2) is 0 Å². The molecule has 4 heteroatoms. The third-order valence-electron chi connectivity index (χ3n) is 3.11. The van der Waals surface area contributed by atoms with Crippen LogP contribution in [0.2, 0.25) is 0 Å². The largest absolute Gasteiger partial charge is 0.395 e. The molecule has 0 saturated carbocycles. The van der Waals surface area contributed by atoms with E-state index in [0.717, 1.165) is 38.8 Å². The SMILES string of the molecule is CCCCOCC(O)CN1CCC[C@@H]1CO. The van der Waals surface area contributed by atoms with Crippen molar-refractivity contribution >= 4 is 0 Å². The molecule has 0 aromatic heterocycles. The molecule has 2 N–H and O–H groups in total. The van der Waals surface area contributed by atoms with Gasteiger partial charge in [0.05, 0.1) is 19.3 Å². The minimum atomic E-state index is -0.427. The van der Waals surface area contributed by atoms with E-state index in [1.807, 2.05) is 0 Å². The lowest BCUT2D eigenvalue weighted by Gasteiger charge is -2.25. The Balaban J connectivity index is 2.10. The zero-order valence-corrected chi connectivity index (χ0v) is 10.3. The first-order valence-corrected chi connectivity index (χ1v) is 6.38. The van der Waals surface area contributed by atoms with Gasteiger partial charge in [-0.15, -0.1) is 0 Å². The summed E-state index contributed by atoms with van der Waals surface area (Å²) in [6.45, 7) is 5.07. The first kappa shape index (κ1) is 13.9. The van der Waals surface area contributed by atoms with E-state index in [2.05, 4.69) is 11.8 Å². The molecular formula is C12H25NO3. The first-order valence-electron chi connectivity index (χ1n) is 6.38. The van der Waals surface area contributed by atoms with Crippen molar-refractivity contribution in [3.63, 3.8) is 0 Å². The average molecular weight is 231 g/mol. The maximum absolute atomic E-state index is 9.77. The summed E-state index contributed by atoms with van der Waals surface area (Å²) < 4.78 is 5.38. The van der Waals surface area contributed by atoms with Crippen LogP contribution in [0.1, 0.15) is 32.6 Å². The van der Waals surface area contributed by atoms with Crippen LogP contribution in [-0.4, -0.2) is 60.2 Å². The number of hydrogen-bond acceptors (Lipinski definition) is 4. The Morgan fingerprint density at radius 3 is 3.00 bits per heavy atom. The molecule has 1 heterocycles. The lowest BCUT2D eigenvalue weighted by molar-refractivity contribution is 0.00939. The van der Waals surface area contributed by atoms with Gasteiger partial charge in [-0.25, -0.2) is 0 Å². The molecule has 1 rings (SSSR count). The van der Waals surface area contributed by atoms with E-state index in [1.54, 1.807) is 0 Å². The number of ether oxygens (including phenoxy) is 1. The van der Waals surface area contributed by atoms with Gasteiger partial charge in [0, 0.05) is 19.2 Å². The summed E-state index contributed by atoms with van der Waals surface area (Å²) in [5.41, 5.74) is 0. The van der Waals surface area contributed by atoms with E-state index < -0.39 is 6.10 Å². The van der Waals surface area contributed by atoms with Crippen molar-refractivity contribution in [3.05, 3.63) is 0 Å². The molecule has 4 nitrogen and oxygen atoms in total. The van der Waals surface area contributed by atoms with E-state index in [4.69, 9.17) is 9.84 Å². The molecule has 2 atom stereocenters. The summed E-state index contributed by atoms with van der Waals surface area (Å²) in [6, 6.07) is 0.241. The van der Waals surface area contributed by atoms with Crippen LogP contribution in [0.4, 0.5) is 0 Å². The number of likely N-dealkylation sites (tertiary alicyclic amines) is 1. The highest BCUT2D eigenvalue weighted by atomic mass is 16.5. The third kappa shape index (κ3) is 4.78. The number of β-amino-alcohol motifs (C(OH)–C–C–N with tert-alkyl or cyclic N) is 1. The van der Waals surface area contributed by atoms with Crippen molar-refractivity contribution < 1.29 is 14.9 Å². The van der Waals surface area contributed by atoms with E-state index in [9.17, 15) is 5.11 Å². The maximum atomic E-state index is 9.77. The van der Waals surface area contributed by atoms with Crippen LogP contribution in [0.5, 0.6) is 0 Å². The highest BCUT2D eigenvalue weighted by Gasteiger charge is 2.25. The number of hydrogen-bond donors (Lipinski definition) is 2. The maximum Gasteiger partial charge on any atom is 0.0900 e. The molecule has 1 saturated heterocycles. The Morgan fingerprint density at radius 1 is 1.50 bits per heavy atom. The molecule has 0 bridgehead atoms. The molecule has 1 aliphatic heterocycles. The summed E-state index contributed by atoms with van der Waals surface area (Å²) in [7, 11) is 0. The fraction of sp³-hybridized carbons (Fsp3) is 1.00. The zero-order chi connectivity index (χ0) is 11.8. The standard InChI is InChI=1S/C12H25NO3/c1-2-3-7-16-10-12(15)8-13-6-4-5-11(13)9-14/h11-12,14-15H,2-10H2,1H3/t11-,12?/m1/s1. The fourth-order valence-electron chi connectivity index (χ4n) is 2.13. The van der Waals surface area contributed by atoms with Crippen molar-refractivity contribution in [2.75, 3.05) is 32.9 Å². The predicted octanol–water partition coefficient (Wildman–Crippen LogP) is 0.621. The molecule has 16 heavy (non-hydrogen) atoms. The Bertz CT molecular complexity index is 178. The van der Waals surface area contributed by atoms with Gasteiger partial charge >= 0.3 is 0 Å². The van der Waals surface area contributed by atoms with Gasteiger partial charge in [-0.3, -0.25) is 4.90 Å². The van der Waals surface area contributed by atoms with E-state index in [-0.39, 0.29) is 12.6 Å². The Morgan fingerprint density at radius 2 is 2.31 bits per heavy atom. The monoisotopic (exact) mass is 231 g/mol. The van der Waals surface area contributed by atoms with Gasteiger partial charge in [-0.05, 0) is 25.8 Å². The number of rotatable bonds is 8. The number of nitrogens with zero attached hydrogens (tertiary/aromatic N) is 1. The number of aliphatic hydroxyl groups is 2. The van der Waals surface area contributed by atoms with E-state index >= 15 is 0 Å². The summed E-state index contributed by atoms with van der Waals surface area (Å²) in [5, 5.41) is 18.9. The minimum Gasteiger partial charge on any atom is -0.395 e. The summed E-state index contributed by atoms with van der Waals surface area (Å²) in [6.07, 6.45) is 3.91. The van der Waals surface area contributed by atoms with Gasteiger partial charge in [0.1, 0.15) is 0 Å². The second-order valence-corrected chi connectivity index (χ2v) is 4.56. The molecule has 0 spiro atoms. The summed E-state index contributed by atoms with van der Waals surface area (Å²) >= 11 is 0. The van der Waals surface area contributed by atoms with Crippen LogP contribution < -0.4 is 0 Å². The van der Waals surface area contributed by atoms with Crippen molar-refractivity contribution in [1.82, 2.24) is 4.90 Å². The number of unbranched alkanes of at least 4 members (excludes halogenated alkanes) is 1. The third-order valence-corrected chi connectivity index (χ3v) is 3.11. The van der Waals surface area contributed by atoms with Crippen LogP contribution in [0.15, 0.2) is 0 Å². The molecule has 0 aromatic carbocycles. The van der Waals surface area contributed by atoms with Crippen LogP contribution in [0, 0.1) is 0 Å². The molecule has 96 valence electrons. The molecule has 1 fully saturated rings. The average Bonchev–Trinajstić information content (AvgIpc) is 2.71. The van der Waals surface area contributed by atoms with Gasteiger partial charge in [-0.1, -0.05) is 13.3 Å². The normalized spacial score (nSPS) is 23.8. The van der Waals surface area contributed by atoms with Crippen LogP contribution in [0.25, 0.3) is 0 Å². The lowest BCUT2D eigenvalue weighted by Crippen LogP contribution is -2.39. The topological polar surface area (TPSA) is 52.9 Å². The quantitative estimate of drug-likeness (QED) is 0.601. The molecule has 0 amide bonds. The Kier molecular flexibility index (Phi) is 6.96. The van der Waals surface area contributed by atoms with E-state index in [1.165, 1.54) is 0 Å². The summed E-state index contributed by atoms with van der Waals surface area (Å²) in [5.74, 6) is 0. The first-order chi connectivity index (χ1) is 7.77. The van der Waals surface area contributed by atoms with Crippen molar-refractivity contribution in [2.24, 2.45) is 0 Å². The van der Waals surface area contributed by atoms with Crippen LogP contribution in [0.3, 0.4) is 0 Å². The highest BCUT2D eigenvalue weighted by Crippen LogP contribution is 2.16. The molecule has 0 aromatic rings. The van der Waals surface area contributed by atoms with Crippen molar-refractivity contribution in [2.45, 2.75) is 44.8 Å². The second kappa shape index (κ2) is 8.01. The molecule has 1 unspecified atom stereocenters. The summed E-state index contributed by atoms with van der Waals surface area (Å²) in [4.78, 5) is 2.16. The second-order valence-electron chi connectivity index (χ2n) is 4.56. The molecule has 0 radical (unpaired) electrons. The number of aliphatic hydroxyl groups excluding tert-OH is 2. The van der Waals surface area contributed by atoms with Crippen LogP contribution in [-0.2, 0) is 4.74 Å². The highest BCUT2D eigenvalue weighted by molar-refractivity contribution is 4.80. The van der Waals surface area contributed by atoms with Crippen molar-refractivity contribution in [3.8, 4) is 0 Å². The zero-order valence-electron chi connectivity index (χ0n) is 10.3. The van der Waals surface area contributed by atoms with Gasteiger partial charge < -0.3 is 14.9 Å². The molecule has 1 aliphatic rings. The molecular weight excluding hydrogens is 206 g/mol. The van der Waals surface area contributed by atoms with E-state index in [0.29, 0.717) is 13.2 Å².